The van der Waals surface area contributed by atoms with E-state index in [1.807, 2.05) is 61.3 Å². The number of nitrogens with one attached hydrogen (secondary N) is 1. The van der Waals surface area contributed by atoms with Gasteiger partial charge in [0, 0.05) is 53.2 Å². The summed E-state index contributed by atoms with van der Waals surface area (Å²) in [6, 6.07) is 9.50. The van der Waals surface area contributed by atoms with Gasteiger partial charge in [-0.3, -0.25) is 4.68 Å². The van der Waals surface area contributed by atoms with Gasteiger partial charge in [-0.25, -0.2) is 23.1 Å². The first-order valence-corrected chi connectivity index (χ1v) is 14.5. The molecule has 2 N–H and O–H groups in total. The molecule has 1 aliphatic rings. The van der Waals surface area contributed by atoms with E-state index in [4.69, 9.17) is 10.1 Å². The molecule has 0 saturated carbocycles. The zero-order chi connectivity index (χ0) is 29.4. The maximum Gasteiger partial charge on any atom is 0.142 e. The molecule has 2 aromatic carbocycles. The van der Waals surface area contributed by atoms with E-state index in [2.05, 4.69) is 10.3 Å². The fourth-order valence-corrected chi connectivity index (χ4v) is 6.88. The number of hydrogen-bond donors (Lipinski definition) is 2. The van der Waals surface area contributed by atoms with Gasteiger partial charge in [0.05, 0.1) is 45.5 Å². The number of fused-ring (bicyclic) bond motifs is 3. The number of pyridine rings is 1. The Hall–Kier alpha value is -4.06. The number of halogens is 3. The van der Waals surface area contributed by atoms with Crippen molar-refractivity contribution in [1.82, 2.24) is 29.6 Å². The van der Waals surface area contributed by atoms with Gasteiger partial charge < -0.3 is 15.0 Å². The highest BCUT2D eigenvalue weighted by Gasteiger charge is 2.30. The fourth-order valence-electron chi connectivity index (χ4n) is 5.94. The van der Waals surface area contributed by atoms with Gasteiger partial charge in [0.25, 0.3) is 0 Å². The molecule has 0 bridgehead atoms. The van der Waals surface area contributed by atoms with Crippen LogP contribution in [0.5, 0.6) is 0 Å². The van der Waals surface area contributed by atoms with E-state index in [1.165, 1.54) is 5.38 Å². The number of aryl methyl sites for hydroxylation is 2. The lowest BCUT2D eigenvalue weighted by atomic mass is 9.92. The SMILES string of the molecule is Cc1nc2cc(-c3nc(-c4cc5n(n4)[C@@H](C)CN[C@@H]5C)c(-c4c(F)cc(F)cc4CO)c4c(F)csc34)ccc2n1C. The van der Waals surface area contributed by atoms with Gasteiger partial charge in [-0.15, -0.1) is 11.3 Å². The van der Waals surface area contributed by atoms with E-state index in [1.54, 1.807) is 0 Å². The monoisotopic (exact) mass is 588 g/mol. The van der Waals surface area contributed by atoms with Crippen molar-refractivity contribution in [1.29, 1.82) is 0 Å². The van der Waals surface area contributed by atoms with Crippen LogP contribution in [0.3, 0.4) is 0 Å². The lowest BCUT2D eigenvalue weighted by molar-refractivity contribution is 0.281. The lowest BCUT2D eigenvalue weighted by Crippen LogP contribution is -2.34. The number of benzene rings is 2. The molecule has 2 atom stereocenters. The van der Waals surface area contributed by atoms with E-state index < -0.39 is 24.1 Å². The molecule has 214 valence electrons. The van der Waals surface area contributed by atoms with Gasteiger partial charge in [0.2, 0.25) is 0 Å². The number of nitrogens with zero attached hydrogens (tertiary/aromatic N) is 5. The Balaban J connectivity index is 1.60. The number of hydrogen-bond acceptors (Lipinski definition) is 6. The Morgan fingerprint density at radius 1 is 1.02 bits per heavy atom. The molecule has 1 aliphatic heterocycles. The van der Waals surface area contributed by atoms with Crippen LogP contribution in [0.4, 0.5) is 13.2 Å². The second kappa shape index (κ2) is 9.75. The fraction of sp³-hybridized carbons (Fsp3) is 0.258. The second-order valence-electron chi connectivity index (χ2n) is 10.9. The minimum atomic E-state index is -0.917. The molecule has 7 nitrogen and oxygen atoms in total. The molecule has 5 heterocycles. The van der Waals surface area contributed by atoms with Gasteiger partial charge in [-0.1, -0.05) is 6.07 Å². The number of imidazole rings is 1. The highest BCUT2D eigenvalue weighted by atomic mass is 32.1. The Kier molecular flexibility index (Phi) is 6.23. The number of aliphatic hydroxyl groups is 1. The minimum Gasteiger partial charge on any atom is -0.392 e. The highest BCUT2D eigenvalue weighted by molar-refractivity contribution is 7.17. The van der Waals surface area contributed by atoms with Crippen LogP contribution in [-0.2, 0) is 13.7 Å². The van der Waals surface area contributed by atoms with Crippen molar-refractivity contribution in [2.45, 2.75) is 39.5 Å². The van der Waals surface area contributed by atoms with Gasteiger partial charge in [-0.2, -0.15) is 5.10 Å². The van der Waals surface area contributed by atoms with E-state index in [9.17, 15) is 9.50 Å². The molecule has 0 saturated heterocycles. The molecule has 4 aromatic heterocycles. The molecule has 0 radical (unpaired) electrons. The first-order valence-electron chi connectivity index (χ1n) is 13.6. The van der Waals surface area contributed by atoms with Gasteiger partial charge in [0.15, 0.2) is 0 Å². The van der Waals surface area contributed by atoms with Crippen LogP contribution >= 0.6 is 11.3 Å². The molecule has 42 heavy (non-hydrogen) atoms. The van der Waals surface area contributed by atoms with E-state index in [-0.39, 0.29) is 39.9 Å². The van der Waals surface area contributed by atoms with Gasteiger partial charge in [-0.05, 0) is 50.6 Å². The summed E-state index contributed by atoms with van der Waals surface area (Å²) in [5, 5.41) is 20.0. The number of aromatic nitrogens is 5. The van der Waals surface area contributed by atoms with Crippen LogP contribution in [-0.4, -0.2) is 36.0 Å². The van der Waals surface area contributed by atoms with Crippen LogP contribution < -0.4 is 5.32 Å². The Labute approximate surface area is 243 Å². The molecule has 6 aromatic rings. The topological polar surface area (TPSA) is 80.8 Å². The van der Waals surface area contributed by atoms with Crippen LogP contribution in [0.15, 0.2) is 41.8 Å². The lowest BCUT2D eigenvalue weighted by Gasteiger charge is -2.27. The molecular weight excluding hydrogens is 561 g/mol. The Bertz CT molecular complexity index is 2020. The average Bonchev–Trinajstić information content (AvgIpc) is 3.66. The highest BCUT2D eigenvalue weighted by Crippen LogP contribution is 2.46. The standard InChI is InChI=1S/C31H27F3N6OS/c1-14-11-35-15(2)25-10-23(38-40(14)25)30-28(26-18(12-41)7-19(32)9-20(26)33)27-21(34)13-42-31(27)29(37-30)17-5-6-24-22(8-17)36-16(3)39(24)4/h5-10,13-15,35,41H,11-12H2,1-4H3/t14-,15+/m0/s1. The minimum absolute atomic E-state index is 0.00246. The summed E-state index contributed by atoms with van der Waals surface area (Å²) >= 11 is 1.15. The molecule has 0 spiro atoms. The zero-order valence-corrected chi connectivity index (χ0v) is 24.2. The first-order chi connectivity index (χ1) is 20.2. The average molecular weight is 589 g/mol. The molecule has 7 rings (SSSR count). The molecule has 0 unspecified atom stereocenters. The van der Waals surface area contributed by atoms with Crippen molar-refractivity contribution in [2.24, 2.45) is 7.05 Å². The number of rotatable bonds is 4. The summed E-state index contributed by atoms with van der Waals surface area (Å²) < 4.78 is 50.2. The van der Waals surface area contributed by atoms with E-state index >= 15 is 8.78 Å². The molecule has 0 aliphatic carbocycles. The summed E-state index contributed by atoms with van der Waals surface area (Å²) in [7, 11) is 1.94. The Morgan fingerprint density at radius 3 is 2.60 bits per heavy atom. The largest absolute Gasteiger partial charge is 0.392 e. The van der Waals surface area contributed by atoms with Crippen LogP contribution in [0.25, 0.3) is 54.9 Å². The van der Waals surface area contributed by atoms with Crippen molar-refractivity contribution in [3.05, 3.63) is 76.3 Å². The van der Waals surface area contributed by atoms with Crippen molar-refractivity contribution in [3.8, 4) is 33.8 Å². The summed E-state index contributed by atoms with van der Waals surface area (Å²) in [6.07, 6.45) is 0. The third-order valence-electron chi connectivity index (χ3n) is 8.19. The predicted molar refractivity (Wildman–Crippen MR) is 158 cm³/mol. The van der Waals surface area contributed by atoms with Crippen molar-refractivity contribution < 1.29 is 18.3 Å². The Morgan fingerprint density at radius 2 is 1.83 bits per heavy atom. The predicted octanol–water partition coefficient (Wildman–Crippen LogP) is 6.82. The van der Waals surface area contributed by atoms with Crippen molar-refractivity contribution in [2.75, 3.05) is 6.54 Å². The van der Waals surface area contributed by atoms with Crippen LogP contribution in [0.1, 0.15) is 43.0 Å². The maximum absolute atomic E-state index is 15.9. The van der Waals surface area contributed by atoms with Crippen LogP contribution in [0.2, 0.25) is 0 Å². The summed E-state index contributed by atoms with van der Waals surface area (Å²) in [4.78, 5) is 9.73. The first kappa shape index (κ1) is 26.8. The molecule has 0 amide bonds. The molecular formula is C31H27F3N6OS. The zero-order valence-electron chi connectivity index (χ0n) is 23.3. The molecule has 11 heteroatoms. The summed E-state index contributed by atoms with van der Waals surface area (Å²) in [5.74, 6) is -1.47. The number of aliphatic hydroxyl groups excluding tert-OH is 1. The number of thiophene rings is 1. The quantitative estimate of drug-likeness (QED) is 0.236. The van der Waals surface area contributed by atoms with Crippen LogP contribution in [0, 0.1) is 24.4 Å². The third-order valence-corrected chi connectivity index (χ3v) is 9.15. The smallest absolute Gasteiger partial charge is 0.142 e. The normalized spacial score (nSPS) is 17.0. The maximum atomic E-state index is 15.9. The second-order valence-corrected chi connectivity index (χ2v) is 11.7. The van der Waals surface area contributed by atoms with E-state index in [0.29, 0.717) is 22.6 Å². The summed E-state index contributed by atoms with van der Waals surface area (Å²) in [5.41, 5.74) is 4.54. The van der Waals surface area contributed by atoms with Gasteiger partial charge >= 0.3 is 0 Å². The molecule has 0 fully saturated rings. The van der Waals surface area contributed by atoms with Crippen molar-refractivity contribution >= 4 is 32.5 Å². The summed E-state index contributed by atoms with van der Waals surface area (Å²) in [6.45, 7) is 6.05. The van der Waals surface area contributed by atoms with Gasteiger partial charge in [0.1, 0.15) is 29.0 Å². The van der Waals surface area contributed by atoms with Crippen molar-refractivity contribution in [3.63, 3.8) is 0 Å². The van der Waals surface area contributed by atoms with E-state index in [0.717, 1.165) is 51.6 Å². The third kappa shape index (κ3) is 3.98.